The second-order valence-corrected chi connectivity index (χ2v) is 12.5. The van der Waals surface area contributed by atoms with E-state index in [0.717, 1.165) is 16.0 Å². The predicted molar refractivity (Wildman–Crippen MR) is 148 cm³/mol. The molecule has 3 rings (SSSR count). The number of hydrogen-bond donors (Lipinski definition) is 0. The van der Waals surface area contributed by atoms with Crippen molar-refractivity contribution in [1.29, 1.82) is 0 Å². The fourth-order valence-corrected chi connectivity index (χ4v) is 5.21. The highest BCUT2D eigenvalue weighted by molar-refractivity contribution is 7.97. The first kappa shape index (κ1) is 27.8. The number of carbonyl (C=O) groups is 1. The molecule has 3 atom stereocenters. The average molecular weight is 535 g/mol. The summed E-state index contributed by atoms with van der Waals surface area (Å²) in [5.41, 5.74) is 2.98. The normalized spacial score (nSPS) is 20.5. The average Bonchev–Trinajstić information content (AvgIpc) is 3.42. The first-order valence-corrected chi connectivity index (χ1v) is 13.4. The van der Waals surface area contributed by atoms with Crippen molar-refractivity contribution < 1.29 is 9.18 Å². The molecule has 6 heteroatoms. The van der Waals surface area contributed by atoms with Gasteiger partial charge in [-0.2, -0.15) is 0 Å². The Morgan fingerprint density at radius 2 is 1.77 bits per heavy atom. The van der Waals surface area contributed by atoms with Gasteiger partial charge >= 0.3 is 0 Å². The van der Waals surface area contributed by atoms with E-state index in [1.165, 1.54) is 17.5 Å². The first-order chi connectivity index (χ1) is 16.4. The molecule has 0 aromatic heterocycles. The van der Waals surface area contributed by atoms with E-state index >= 15 is 0 Å². The lowest BCUT2D eigenvalue weighted by molar-refractivity contribution is -0.121. The first-order valence-electron chi connectivity index (χ1n) is 11.9. The van der Waals surface area contributed by atoms with Crippen LogP contribution in [0.1, 0.15) is 58.6 Å². The van der Waals surface area contributed by atoms with Crippen molar-refractivity contribution in [2.24, 2.45) is 11.8 Å². The predicted octanol–water partition coefficient (Wildman–Crippen LogP) is 9.04. The minimum absolute atomic E-state index is 0.0700. The second kappa shape index (κ2) is 11.5. The number of benzene rings is 2. The van der Waals surface area contributed by atoms with Crippen molar-refractivity contribution >= 4 is 41.1 Å². The quantitative estimate of drug-likeness (QED) is 0.191. The molecule has 188 valence electrons. The molecule has 1 saturated carbocycles. The Bertz CT molecular complexity index is 1100. The third-order valence-electron chi connectivity index (χ3n) is 5.96. The van der Waals surface area contributed by atoms with Crippen molar-refractivity contribution in [2.75, 3.05) is 6.54 Å². The molecule has 0 radical (unpaired) electrons. The van der Waals surface area contributed by atoms with Crippen LogP contribution >= 0.6 is 35.1 Å². The summed E-state index contributed by atoms with van der Waals surface area (Å²) in [5, 5.41) is 0.897. The third-order valence-corrected chi connectivity index (χ3v) is 7.73. The SMILES string of the molecule is CC(/C=C/C1C(F)C1c1ccc(Cl)c(Cl)c1)=C\C(=O)N(CC(C)C)Sc1ccc(C(C)(C)C)cc1. The maximum absolute atomic E-state index is 14.5. The van der Waals surface area contributed by atoms with E-state index in [-0.39, 0.29) is 23.2 Å². The lowest BCUT2D eigenvalue weighted by atomic mass is 9.87. The van der Waals surface area contributed by atoms with Gasteiger partial charge in [0.15, 0.2) is 0 Å². The number of hydrogen-bond acceptors (Lipinski definition) is 2. The van der Waals surface area contributed by atoms with Gasteiger partial charge in [0.05, 0.1) is 10.0 Å². The zero-order chi connectivity index (χ0) is 25.9. The van der Waals surface area contributed by atoms with Crippen LogP contribution in [-0.4, -0.2) is 22.9 Å². The van der Waals surface area contributed by atoms with Crippen LogP contribution in [0.15, 0.2) is 71.2 Å². The van der Waals surface area contributed by atoms with Crippen LogP contribution in [0.2, 0.25) is 10.0 Å². The summed E-state index contributed by atoms with van der Waals surface area (Å²) in [4.78, 5) is 14.1. The molecule has 1 aliphatic carbocycles. The van der Waals surface area contributed by atoms with E-state index in [2.05, 4.69) is 58.9 Å². The van der Waals surface area contributed by atoms with Gasteiger partial charge < -0.3 is 0 Å². The fourth-order valence-electron chi connectivity index (χ4n) is 3.87. The Labute approximate surface area is 223 Å². The highest BCUT2D eigenvalue weighted by Crippen LogP contribution is 2.52. The van der Waals surface area contributed by atoms with E-state index in [9.17, 15) is 9.18 Å². The van der Waals surface area contributed by atoms with E-state index in [0.29, 0.717) is 22.5 Å². The second-order valence-electron chi connectivity index (χ2n) is 10.6. The Kier molecular flexibility index (Phi) is 9.17. The minimum Gasteiger partial charge on any atom is -0.278 e. The maximum Gasteiger partial charge on any atom is 0.256 e. The molecule has 2 nitrogen and oxygen atoms in total. The van der Waals surface area contributed by atoms with Gasteiger partial charge in [-0.3, -0.25) is 9.10 Å². The van der Waals surface area contributed by atoms with Gasteiger partial charge in [-0.15, -0.1) is 0 Å². The van der Waals surface area contributed by atoms with Crippen molar-refractivity contribution in [3.05, 3.63) is 87.4 Å². The Morgan fingerprint density at radius 1 is 1.11 bits per heavy atom. The van der Waals surface area contributed by atoms with Crippen molar-refractivity contribution in [3.63, 3.8) is 0 Å². The fraction of sp³-hybridized carbons (Fsp3) is 0.414. The topological polar surface area (TPSA) is 20.3 Å². The molecule has 1 fully saturated rings. The summed E-state index contributed by atoms with van der Waals surface area (Å²) in [7, 11) is 0. The zero-order valence-corrected chi connectivity index (χ0v) is 23.5. The zero-order valence-electron chi connectivity index (χ0n) is 21.2. The molecule has 1 aliphatic rings. The molecule has 0 bridgehead atoms. The summed E-state index contributed by atoms with van der Waals surface area (Å²) in [6.45, 7) is 13.2. The van der Waals surface area contributed by atoms with Gasteiger partial charge in [-0.05, 0) is 71.2 Å². The van der Waals surface area contributed by atoms with Gasteiger partial charge in [0.25, 0.3) is 5.91 Å². The van der Waals surface area contributed by atoms with Gasteiger partial charge in [-0.1, -0.05) is 88.2 Å². The van der Waals surface area contributed by atoms with Crippen LogP contribution in [0.5, 0.6) is 0 Å². The Balaban J connectivity index is 1.67. The molecule has 2 aromatic carbocycles. The van der Waals surface area contributed by atoms with Crippen LogP contribution in [0.4, 0.5) is 4.39 Å². The monoisotopic (exact) mass is 533 g/mol. The summed E-state index contributed by atoms with van der Waals surface area (Å²) in [5.74, 6) is -0.198. The molecule has 0 aliphatic heterocycles. The molecular weight excluding hydrogens is 500 g/mol. The molecule has 0 saturated heterocycles. The highest BCUT2D eigenvalue weighted by Gasteiger charge is 2.50. The van der Waals surface area contributed by atoms with Crippen LogP contribution in [0.3, 0.4) is 0 Å². The molecule has 0 heterocycles. The minimum atomic E-state index is -0.962. The van der Waals surface area contributed by atoms with Crippen LogP contribution in [-0.2, 0) is 10.2 Å². The molecular formula is C29H34Cl2FNOS. The lowest BCUT2D eigenvalue weighted by Crippen LogP contribution is -2.26. The number of alkyl halides is 1. The van der Waals surface area contributed by atoms with Crippen LogP contribution in [0, 0.1) is 11.8 Å². The number of carbonyl (C=O) groups excluding carboxylic acids is 1. The number of rotatable bonds is 8. The van der Waals surface area contributed by atoms with Gasteiger partial charge in [-0.25, -0.2) is 4.39 Å². The van der Waals surface area contributed by atoms with Crippen molar-refractivity contribution in [2.45, 2.75) is 63.9 Å². The molecule has 3 unspecified atom stereocenters. The standard InChI is InChI=1S/C29H34Cl2FNOS/c1-18(2)17-33(35-22-11-9-21(10-12-22)29(4,5)6)26(34)15-19(3)7-13-23-27(28(23)32)20-8-14-24(30)25(31)16-20/h7-16,18,23,27-28H,17H2,1-6H3/b13-7+,19-15+. The van der Waals surface area contributed by atoms with Crippen molar-refractivity contribution in [3.8, 4) is 0 Å². The molecule has 2 aromatic rings. The summed E-state index contributed by atoms with van der Waals surface area (Å²) < 4.78 is 16.3. The van der Waals surface area contributed by atoms with Crippen LogP contribution < -0.4 is 0 Å². The maximum atomic E-state index is 14.5. The summed E-state index contributed by atoms with van der Waals surface area (Å²) in [6, 6.07) is 13.6. The van der Waals surface area contributed by atoms with E-state index in [4.69, 9.17) is 23.2 Å². The van der Waals surface area contributed by atoms with E-state index in [1.807, 2.05) is 25.1 Å². The number of allylic oxidation sites excluding steroid dienone is 3. The summed E-state index contributed by atoms with van der Waals surface area (Å²) in [6.07, 6.45) is 4.35. The van der Waals surface area contributed by atoms with E-state index < -0.39 is 6.17 Å². The Morgan fingerprint density at radius 3 is 2.34 bits per heavy atom. The third kappa shape index (κ3) is 7.62. The molecule has 0 spiro atoms. The highest BCUT2D eigenvalue weighted by atomic mass is 35.5. The van der Waals surface area contributed by atoms with Gasteiger partial charge in [0, 0.05) is 29.4 Å². The van der Waals surface area contributed by atoms with E-state index in [1.54, 1.807) is 22.5 Å². The van der Waals surface area contributed by atoms with Gasteiger partial charge in [0.2, 0.25) is 0 Å². The largest absolute Gasteiger partial charge is 0.278 e. The van der Waals surface area contributed by atoms with Crippen molar-refractivity contribution in [1.82, 2.24) is 4.31 Å². The smallest absolute Gasteiger partial charge is 0.256 e. The lowest BCUT2D eigenvalue weighted by Gasteiger charge is -2.23. The molecule has 1 amide bonds. The number of halogens is 3. The van der Waals surface area contributed by atoms with Crippen LogP contribution in [0.25, 0.3) is 0 Å². The number of nitrogens with zero attached hydrogens (tertiary/aromatic N) is 1. The summed E-state index contributed by atoms with van der Waals surface area (Å²) >= 11 is 13.5. The molecule has 35 heavy (non-hydrogen) atoms. The van der Waals surface area contributed by atoms with Gasteiger partial charge in [0.1, 0.15) is 6.17 Å². The number of amides is 1. The Hall–Kier alpha value is -1.75. The molecule has 0 N–H and O–H groups in total.